The molecule has 92 valence electrons. The lowest BCUT2D eigenvalue weighted by Gasteiger charge is -2.23. The van der Waals surface area contributed by atoms with Crippen molar-refractivity contribution in [2.75, 3.05) is 26.7 Å². The summed E-state index contributed by atoms with van der Waals surface area (Å²) in [5.74, 6) is 0.835. The molecule has 0 amide bonds. The monoisotopic (exact) mass is 214 g/mol. The van der Waals surface area contributed by atoms with E-state index in [2.05, 4.69) is 38.3 Å². The van der Waals surface area contributed by atoms with Crippen molar-refractivity contribution in [1.29, 1.82) is 0 Å². The SMILES string of the molecule is CNCCCNCCC(C)CC(C)(C)C. The van der Waals surface area contributed by atoms with Gasteiger partial charge < -0.3 is 10.6 Å². The summed E-state index contributed by atoms with van der Waals surface area (Å²) in [5.41, 5.74) is 0.478. The molecule has 0 radical (unpaired) electrons. The van der Waals surface area contributed by atoms with Crippen LogP contribution in [0.25, 0.3) is 0 Å². The van der Waals surface area contributed by atoms with Gasteiger partial charge in [0.1, 0.15) is 0 Å². The standard InChI is InChI=1S/C13H30N2/c1-12(11-13(2,3)4)7-10-15-9-6-8-14-5/h12,14-15H,6-11H2,1-5H3. The molecule has 0 saturated carbocycles. The Kier molecular flexibility index (Phi) is 8.07. The van der Waals surface area contributed by atoms with Crippen LogP contribution >= 0.6 is 0 Å². The molecule has 0 aromatic heterocycles. The van der Waals surface area contributed by atoms with Crippen LogP contribution in [0, 0.1) is 11.3 Å². The Morgan fingerprint density at radius 2 is 1.73 bits per heavy atom. The van der Waals surface area contributed by atoms with E-state index in [-0.39, 0.29) is 0 Å². The van der Waals surface area contributed by atoms with E-state index < -0.39 is 0 Å². The smallest absolute Gasteiger partial charge is 0.00368 e. The lowest BCUT2D eigenvalue weighted by molar-refractivity contribution is 0.295. The van der Waals surface area contributed by atoms with E-state index in [9.17, 15) is 0 Å². The molecule has 2 N–H and O–H groups in total. The minimum absolute atomic E-state index is 0.478. The highest BCUT2D eigenvalue weighted by molar-refractivity contribution is 4.67. The first-order valence-electron chi connectivity index (χ1n) is 6.31. The molecule has 0 aliphatic carbocycles. The van der Waals surface area contributed by atoms with Crippen molar-refractivity contribution in [3.8, 4) is 0 Å². The zero-order chi connectivity index (χ0) is 11.7. The zero-order valence-electron chi connectivity index (χ0n) is 11.3. The van der Waals surface area contributed by atoms with Crippen molar-refractivity contribution >= 4 is 0 Å². The fraction of sp³-hybridized carbons (Fsp3) is 1.00. The highest BCUT2D eigenvalue weighted by Crippen LogP contribution is 2.25. The van der Waals surface area contributed by atoms with E-state index in [1.54, 1.807) is 0 Å². The Bertz CT molecular complexity index is 138. The Morgan fingerprint density at radius 1 is 1.07 bits per heavy atom. The molecule has 0 aliphatic heterocycles. The minimum Gasteiger partial charge on any atom is -0.320 e. The molecule has 0 aromatic rings. The molecular weight excluding hydrogens is 184 g/mol. The molecule has 1 atom stereocenters. The number of nitrogens with one attached hydrogen (secondary N) is 2. The van der Waals surface area contributed by atoms with Crippen LogP contribution in [0.15, 0.2) is 0 Å². The topological polar surface area (TPSA) is 24.1 Å². The number of rotatable bonds is 8. The Morgan fingerprint density at radius 3 is 2.27 bits per heavy atom. The van der Waals surface area contributed by atoms with Gasteiger partial charge in [0.15, 0.2) is 0 Å². The third-order valence-electron chi connectivity index (χ3n) is 2.56. The Hall–Kier alpha value is -0.0800. The molecule has 15 heavy (non-hydrogen) atoms. The summed E-state index contributed by atoms with van der Waals surface area (Å²) in [6.07, 6.45) is 3.85. The predicted octanol–water partition coefficient (Wildman–Crippen LogP) is 2.65. The number of hydrogen-bond acceptors (Lipinski definition) is 2. The van der Waals surface area contributed by atoms with E-state index in [1.807, 2.05) is 7.05 Å². The van der Waals surface area contributed by atoms with Gasteiger partial charge in [0.25, 0.3) is 0 Å². The average molecular weight is 214 g/mol. The van der Waals surface area contributed by atoms with Crippen molar-refractivity contribution in [2.24, 2.45) is 11.3 Å². The van der Waals surface area contributed by atoms with Gasteiger partial charge in [0, 0.05) is 0 Å². The zero-order valence-corrected chi connectivity index (χ0v) is 11.3. The molecule has 0 aromatic carbocycles. The van der Waals surface area contributed by atoms with Crippen molar-refractivity contribution in [3.63, 3.8) is 0 Å². The van der Waals surface area contributed by atoms with Crippen molar-refractivity contribution in [2.45, 2.75) is 47.0 Å². The summed E-state index contributed by atoms with van der Waals surface area (Å²) in [5, 5.41) is 6.66. The maximum atomic E-state index is 3.50. The Labute approximate surface area is 96.2 Å². The van der Waals surface area contributed by atoms with E-state index >= 15 is 0 Å². The van der Waals surface area contributed by atoms with Crippen LogP contribution in [0.1, 0.15) is 47.0 Å². The predicted molar refractivity (Wildman–Crippen MR) is 69.3 cm³/mol. The highest BCUT2D eigenvalue weighted by atomic mass is 14.9. The van der Waals surface area contributed by atoms with Gasteiger partial charge in [-0.2, -0.15) is 0 Å². The average Bonchev–Trinajstić information content (AvgIpc) is 2.08. The summed E-state index contributed by atoms with van der Waals surface area (Å²) < 4.78 is 0. The molecule has 2 nitrogen and oxygen atoms in total. The molecule has 2 heteroatoms. The molecule has 0 spiro atoms. The normalized spacial score (nSPS) is 14.2. The van der Waals surface area contributed by atoms with Crippen LogP contribution < -0.4 is 10.6 Å². The Balaban J connectivity index is 3.28. The summed E-state index contributed by atoms with van der Waals surface area (Å²) in [6.45, 7) is 12.8. The second kappa shape index (κ2) is 8.12. The lowest BCUT2D eigenvalue weighted by atomic mass is 9.84. The van der Waals surface area contributed by atoms with Gasteiger partial charge in [0.05, 0.1) is 0 Å². The van der Waals surface area contributed by atoms with Gasteiger partial charge in [-0.25, -0.2) is 0 Å². The van der Waals surface area contributed by atoms with E-state index in [4.69, 9.17) is 0 Å². The molecular formula is C13H30N2. The lowest BCUT2D eigenvalue weighted by Crippen LogP contribution is -2.23. The second-order valence-corrected chi connectivity index (χ2v) is 5.87. The van der Waals surface area contributed by atoms with Gasteiger partial charge in [0.2, 0.25) is 0 Å². The maximum Gasteiger partial charge on any atom is -0.00368 e. The molecule has 0 saturated heterocycles. The molecule has 0 rings (SSSR count). The van der Waals surface area contributed by atoms with Crippen LogP contribution in [0.2, 0.25) is 0 Å². The molecule has 0 aliphatic rings. The first-order valence-corrected chi connectivity index (χ1v) is 6.31. The van der Waals surface area contributed by atoms with Crippen LogP contribution in [0.5, 0.6) is 0 Å². The highest BCUT2D eigenvalue weighted by Gasteiger charge is 2.14. The first-order chi connectivity index (χ1) is 6.95. The fourth-order valence-corrected chi connectivity index (χ4v) is 2.01. The van der Waals surface area contributed by atoms with Gasteiger partial charge in [-0.05, 0) is 57.3 Å². The quantitative estimate of drug-likeness (QED) is 0.607. The van der Waals surface area contributed by atoms with Gasteiger partial charge in [-0.1, -0.05) is 27.7 Å². The van der Waals surface area contributed by atoms with Crippen LogP contribution in [-0.4, -0.2) is 26.7 Å². The van der Waals surface area contributed by atoms with Crippen LogP contribution in [0.3, 0.4) is 0 Å². The summed E-state index contributed by atoms with van der Waals surface area (Å²) in [4.78, 5) is 0. The van der Waals surface area contributed by atoms with Gasteiger partial charge in [-0.3, -0.25) is 0 Å². The van der Waals surface area contributed by atoms with Gasteiger partial charge in [-0.15, -0.1) is 0 Å². The van der Waals surface area contributed by atoms with E-state index in [0.717, 1.165) is 19.0 Å². The number of hydrogen-bond donors (Lipinski definition) is 2. The van der Waals surface area contributed by atoms with Crippen LogP contribution in [-0.2, 0) is 0 Å². The van der Waals surface area contributed by atoms with Crippen molar-refractivity contribution in [3.05, 3.63) is 0 Å². The fourth-order valence-electron chi connectivity index (χ4n) is 2.01. The maximum absolute atomic E-state index is 3.50. The van der Waals surface area contributed by atoms with Crippen LogP contribution in [0.4, 0.5) is 0 Å². The molecule has 1 unspecified atom stereocenters. The molecule has 0 heterocycles. The molecule has 0 bridgehead atoms. The summed E-state index contributed by atoms with van der Waals surface area (Å²) in [6, 6.07) is 0. The van der Waals surface area contributed by atoms with E-state index in [1.165, 1.54) is 25.8 Å². The minimum atomic E-state index is 0.478. The summed E-state index contributed by atoms with van der Waals surface area (Å²) in [7, 11) is 2.01. The van der Waals surface area contributed by atoms with Crippen molar-refractivity contribution in [1.82, 2.24) is 10.6 Å². The largest absolute Gasteiger partial charge is 0.320 e. The molecule has 0 fully saturated rings. The second-order valence-electron chi connectivity index (χ2n) is 5.87. The third kappa shape index (κ3) is 11.8. The third-order valence-corrected chi connectivity index (χ3v) is 2.56. The first kappa shape index (κ1) is 14.9. The van der Waals surface area contributed by atoms with E-state index in [0.29, 0.717) is 5.41 Å². The summed E-state index contributed by atoms with van der Waals surface area (Å²) >= 11 is 0. The van der Waals surface area contributed by atoms with Gasteiger partial charge >= 0.3 is 0 Å². The van der Waals surface area contributed by atoms with Crippen molar-refractivity contribution < 1.29 is 0 Å².